The molecule has 4 atom stereocenters. The van der Waals surface area contributed by atoms with E-state index in [-0.39, 0.29) is 24.8 Å². The van der Waals surface area contributed by atoms with Crippen molar-refractivity contribution < 1.29 is 38.9 Å². The number of rotatable bonds is 17. The van der Waals surface area contributed by atoms with Crippen LogP contribution in [0.2, 0.25) is 5.02 Å². The fourth-order valence-corrected chi connectivity index (χ4v) is 4.88. The zero-order valence-electron chi connectivity index (χ0n) is 32.3. The summed E-state index contributed by atoms with van der Waals surface area (Å²) < 4.78 is 10.1. The van der Waals surface area contributed by atoms with E-state index < -0.39 is 47.4 Å². The van der Waals surface area contributed by atoms with Crippen LogP contribution in [0.1, 0.15) is 91.3 Å². The molecule has 0 saturated heterocycles. The van der Waals surface area contributed by atoms with Crippen molar-refractivity contribution in [3.05, 3.63) is 76.3 Å². The number of esters is 1. The van der Waals surface area contributed by atoms with Gasteiger partial charge in [-0.2, -0.15) is 0 Å². The number of nitrogens with one attached hydrogen (secondary N) is 2. The zero-order valence-corrected chi connectivity index (χ0v) is 33.1. The lowest BCUT2D eigenvalue weighted by Crippen LogP contribution is -2.48. The van der Waals surface area contributed by atoms with Crippen molar-refractivity contribution in [2.75, 3.05) is 13.7 Å². The Hall–Kier alpha value is -3.89. The van der Waals surface area contributed by atoms with Crippen LogP contribution in [-0.4, -0.2) is 65.9 Å². The van der Waals surface area contributed by atoms with Crippen LogP contribution in [0.4, 0.5) is 0 Å². The van der Waals surface area contributed by atoms with Gasteiger partial charge in [-0.3, -0.25) is 14.4 Å². The first kappa shape index (κ1) is 47.1. The monoisotopic (exact) mass is 732 g/mol. The molecule has 2 aromatic carbocycles. The minimum absolute atomic E-state index is 0.0271. The molecule has 2 aromatic rings. The maximum Gasteiger partial charge on any atom is 0.345 e. The number of benzene rings is 2. The van der Waals surface area contributed by atoms with Gasteiger partial charge in [-0.05, 0) is 101 Å². The summed E-state index contributed by atoms with van der Waals surface area (Å²) in [5, 5.41) is 25.7. The number of carbonyl (C=O) groups is 4. The van der Waals surface area contributed by atoms with E-state index in [2.05, 4.69) is 16.7 Å². The Balaban J connectivity index is 0.00000176. The third kappa shape index (κ3) is 19.3. The molecule has 0 aliphatic carbocycles. The third-order valence-electron chi connectivity index (χ3n) is 7.77. The largest absolute Gasteiger partial charge is 0.495 e. The summed E-state index contributed by atoms with van der Waals surface area (Å²) in [7, 11) is 1.61. The number of carbonyl (C=O) groups excluding carboxylic acids is 3. The molecule has 2 rings (SSSR count). The molecule has 0 fully saturated rings. The van der Waals surface area contributed by atoms with Gasteiger partial charge in [0, 0.05) is 6.54 Å². The number of methoxy groups -OCH3 is 1. The van der Waals surface area contributed by atoms with E-state index in [1.165, 1.54) is 13.0 Å². The van der Waals surface area contributed by atoms with E-state index in [0.717, 1.165) is 22.4 Å². The molecule has 4 unspecified atom stereocenters. The van der Waals surface area contributed by atoms with E-state index in [1.807, 2.05) is 84.9 Å². The lowest BCUT2D eigenvalue weighted by atomic mass is 9.93. The Kier molecular flexibility index (Phi) is 22.5. The van der Waals surface area contributed by atoms with Crippen molar-refractivity contribution in [1.29, 1.82) is 0 Å². The molecule has 51 heavy (non-hydrogen) atoms. The predicted octanol–water partition coefficient (Wildman–Crippen LogP) is 7.24. The molecule has 0 spiro atoms. The highest BCUT2D eigenvalue weighted by molar-refractivity contribution is 6.32. The number of aliphatic hydroxyl groups is 1. The molecule has 11 heteroatoms. The summed E-state index contributed by atoms with van der Waals surface area (Å²) in [6.45, 7) is 18.2. The third-order valence-corrected chi connectivity index (χ3v) is 8.06. The van der Waals surface area contributed by atoms with Crippen molar-refractivity contribution in [1.82, 2.24) is 10.6 Å². The first-order chi connectivity index (χ1) is 23.9. The van der Waals surface area contributed by atoms with Crippen molar-refractivity contribution in [3.63, 3.8) is 0 Å². The van der Waals surface area contributed by atoms with Gasteiger partial charge in [0.15, 0.2) is 6.10 Å². The SMILES string of the molecule is CC.COc1ccc(C)cc1Cl.Cc1cccc(CC(O)C(C)CC/C=C/C(=O)NC(C)C(=O)NCC(C)(C)C(=O)OC(CC(C)C)C(=O)O)c1. The van der Waals surface area contributed by atoms with Gasteiger partial charge in [-0.25, -0.2) is 4.79 Å². The van der Waals surface area contributed by atoms with Gasteiger partial charge >= 0.3 is 11.9 Å². The molecular formula is C40H61ClN2O8. The molecular weight excluding hydrogens is 672 g/mol. The van der Waals surface area contributed by atoms with Crippen molar-refractivity contribution in [3.8, 4) is 5.75 Å². The number of hydrogen-bond acceptors (Lipinski definition) is 7. The molecule has 0 aliphatic heterocycles. The number of amides is 2. The summed E-state index contributed by atoms with van der Waals surface area (Å²) >= 11 is 5.80. The number of carboxylic acids is 1. The minimum Gasteiger partial charge on any atom is -0.495 e. The lowest BCUT2D eigenvalue weighted by molar-refractivity contribution is -0.171. The first-order valence-corrected chi connectivity index (χ1v) is 18.0. The number of halogens is 1. The topological polar surface area (TPSA) is 151 Å². The van der Waals surface area contributed by atoms with E-state index in [0.29, 0.717) is 24.3 Å². The standard InChI is InChI=1S/C30H46N2O7.C8H9ClO.C2H6/c1-19(2)15-25(28(36)37)39-29(38)30(6,7)18-31-27(35)22(5)32-26(34)14-9-8-12-21(4)24(33)17-23-13-10-11-20(3)16-23;1-6-3-4-8(10-2)7(9)5-6;1-2/h9-11,13-14,16,19,21-22,24-25,33H,8,12,15,17-18H2,1-7H3,(H,31,35)(H,32,34)(H,36,37);3-5H,1-2H3;1-2H3/b14-9+;;. The molecule has 0 radical (unpaired) electrons. The number of aliphatic carboxylic acids is 1. The lowest BCUT2D eigenvalue weighted by Gasteiger charge is -2.26. The number of allylic oxidation sites excluding steroid dienone is 1. The fourth-order valence-electron chi connectivity index (χ4n) is 4.57. The van der Waals surface area contributed by atoms with Crippen LogP contribution >= 0.6 is 11.6 Å². The first-order valence-electron chi connectivity index (χ1n) is 17.6. The van der Waals surface area contributed by atoms with Gasteiger partial charge in [0.05, 0.1) is 23.7 Å². The summed E-state index contributed by atoms with van der Waals surface area (Å²) in [5.74, 6) is -2.05. The van der Waals surface area contributed by atoms with Crippen molar-refractivity contribution in [2.45, 2.75) is 113 Å². The van der Waals surface area contributed by atoms with E-state index in [9.17, 15) is 29.4 Å². The second kappa shape index (κ2) is 24.3. The molecule has 0 saturated carbocycles. The summed E-state index contributed by atoms with van der Waals surface area (Å²) in [5.41, 5.74) is 2.23. The molecule has 0 aliphatic rings. The van der Waals surface area contributed by atoms with E-state index in [4.69, 9.17) is 21.1 Å². The summed E-state index contributed by atoms with van der Waals surface area (Å²) in [4.78, 5) is 48.6. The predicted molar refractivity (Wildman–Crippen MR) is 204 cm³/mol. The van der Waals surface area contributed by atoms with Gasteiger partial charge in [0.25, 0.3) is 0 Å². The van der Waals surface area contributed by atoms with Gasteiger partial charge in [0.2, 0.25) is 11.8 Å². The van der Waals surface area contributed by atoms with Crippen LogP contribution in [0.25, 0.3) is 0 Å². The molecule has 2 amide bonds. The average molecular weight is 733 g/mol. The van der Waals surface area contributed by atoms with Gasteiger partial charge in [0.1, 0.15) is 11.8 Å². The van der Waals surface area contributed by atoms with Crippen LogP contribution in [0, 0.1) is 31.1 Å². The number of aryl methyl sites for hydroxylation is 2. The Morgan fingerprint density at radius 1 is 0.980 bits per heavy atom. The summed E-state index contributed by atoms with van der Waals surface area (Å²) in [6.07, 6.45) is 3.42. The van der Waals surface area contributed by atoms with Crippen molar-refractivity contribution in [2.24, 2.45) is 17.3 Å². The quantitative estimate of drug-likeness (QED) is 0.0982. The molecule has 0 bridgehead atoms. The van der Waals surface area contributed by atoms with E-state index >= 15 is 0 Å². The second-order valence-electron chi connectivity index (χ2n) is 13.5. The minimum atomic E-state index is -1.25. The zero-order chi connectivity index (χ0) is 39.3. The molecule has 286 valence electrons. The Morgan fingerprint density at radius 2 is 1.61 bits per heavy atom. The number of hydrogen-bond donors (Lipinski definition) is 4. The fraction of sp³-hybridized carbons (Fsp3) is 0.550. The average Bonchev–Trinajstić information content (AvgIpc) is 3.06. The number of ether oxygens (including phenoxy) is 2. The number of carboxylic acid groups (broad SMARTS) is 1. The highest BCUT2D eigenvalue weighted by atomic mass is 35.5. The maximum atomic E-state index is 12.5. The molecule has 0 heterocycles. The van der Waals surface area contributed by atoms with E-state index in [1.54, 1.807) is 27.0 Å². The van der Waals surface area contributed by atoms with Crippen LogP contribution in [-0.2, 0) is 30.3 Å². The highest BCUT2D eigenvalue weighted by Crippen LogP contribution is 2.24. The van der Waals surface area contributed by atoms with Gasteiger partial charge in [-0.15, -0.1) is 0 Å². The Bertz CT molecular complexity index is 1410. The van der Waals surface area contributed by atoms with Crippen LogP contribution in [0.15, 0.2) is 54.6 Å². The van der Waals surface area contributed by atoms with Crippen LogP contribution in [0.5, 0.6) is 5.75 Å². The van der Waals surface area contributed by atoms with Gasteiger partial charge < -0.3 is 30.3 Å². The Morgan fingerprint density at radius 3 is 2.16 bits per heavy atom. The molecule has 0 aromatic heterocycles. The smallest absolute Gasteiger partial charge is 0.345 e. The molecule has 4 N–H and O–H groups in total. The van der Waals surface area contributed by atoms with Crippen LogP contribution in [0.3, 0.4) is 0 Å². The second-order valence-corrected chi connectivity index (χ2v) is 14.0. The van der Waals surface area contributed by atoms with Crippen molar-refractivity contribution >= 4 is 35.4 Å². The maximum absolute atomic E-state index is 12.5. The highest BCUT2D eigenvalue weighted by Gasteiger charge is 2.34. The summed E-state index contributed by atoms with van der Waals surface area (Å²) in [6, 6.07) is 12.9. The number of aliphatic hydroxyl groups excluding tert-OH is 1. The van der Waals surface area contributed by atoms with Gasteiger partial charge in [-0.1, -0.05) is 88.2 Å². The van der Waals surface area contributed by atoms with Crippen LogP contribution < -0.4 is 15.4 Å². The normalized spacial score (nSPS) is 13.4. The molecule has 10 nitrogen and oxygen atoms in total. The Labute approximate surface area is 310 Å².